The smallest absolute Gasteiger partial charge is 0.0986 e. The minimum Gasteiger partial charge on any atom is -0.366 e. The van der Waals surface area contributed by atoms with Crippen molar-refractivity contribution in [1.82, 2.24) is 0 Å². The van der Waals surface area contributed by atoms with Crippen molar-refractivity contribution in [3.05, 3.63) is 39.7 Å². The van der Waals surface area contributed by atoms with Gasteiger partial charge in [-0.1, -0.05) is 49.4 Å². The van der Waals surface area contributed by atoms with Crippen LogP contribution in [0.3, 0.4) is 0 Å². The number of anilines is 1. The summed E-state index contributed by atoms with van der Waals surface area (Å²) in [7, 11) is 2.15. The Hall–Kier alpha value is -0.700. The molecular weight excluding hydrogens is 321 g/mol. The molecule has 0 aliphatic heterocycles. The highest BCUT2D eigenvalue weighted by molar-refractivity contribution is 7.14. The fourth-order valence-electron chi connectivity index (χ4n) is 2.38. The molecule has 0 amide bonds. The summed E-state index contributed by atoms with van der Waals surface area (Å²) in [4.78, 5) is 2.33. The van der Waals surface area contributed by atoms with E-state index in [1.165, 1.54) is 36.2 Å². The molecule has 0 bridgehead atoms. The Bertz CT molecular complexity index is 580. The van der Waals surface area contributed by atoms with Gasteiger partial charge >= 0.3 is 0 Å². The molecule has 1 aromatic heterocycles. The summed E-state index contributed by atoms with van der Waals surface area (Å²) < 4.78 is 0. The monoisotopic (exact) mass is 341 g/mol. The number of nitrogens with zero attached hydrogens (tertiary/aromatic N) is 1. The molecule has 0 saturated carbocycles. The van der Waals surface area contributed by atoms with Crippen LogP contribution in [0.2, 0.25) is 10.0 Å². The molecule has 0 aliphatic carbocycles. The maximum Gasteiger partial charge on any atom is 0.0986 e. The highest BCUT2D eigenvalue weighted by Gasteiger charge is 2.14. The van der Waals surface area contributed by atoms with Crippen LogP contribution in [-0.4, -0.2) is 13.6 Å². The van der Waals surface area contributed by atoms with E-state index in [0.29, 0.717) is 0 Å². The largest absolute Gasteiger partial charge is 0.366 e. The second-order valence-corrected chi connectivity index (χ2v) is 6.98. The Morgan fingerprint density at radius 2 is 1.86 bits per heavy atom. The van der Waals surface area contributed by atoms with Gasteiger partial charge in [-0.05, 0) is 36.1 Å². The Balaban J connectivity index is 2.16. The summed E-state index contributed by atoms with van der Waals surface area (Å²) in [5.74, 6) is 0. The van der Waals surface area contributed by atoms with Gasteiger partial charge in [0.15, 0.2) is 0 Å². The van der Waals surface area contributed by atoms with E-state index < -0.39 is 0 Å². The van der Waals surface area contributed by atoms with E-state index in [-0.39, 0.29) is 0 Å². The van der Waals surface area contributed by atoms with Gasteiger partial charge in [0.2, 0.25) is 0 Å². The molecule has 21 heavy (non-hydrogen) atoms. The third-order valence-electron chi connectivity index (χ3n) is 3.56. The average molecular weight is 342 g/mol. The number of benzene rings is 1. The summed E-state index contributed by atoms with van der Waals surface area (Å²) in [6.45, 7) is 3.31. The highest BCUT2D eigenvalue weighted by atomic mass is 35.5. The van der Waals surface area contributed by atoms with Crippen LogP contribution < -0.4 is 4.90 Å². The predicted octanol–water partition coefficient (Wildman–Crippen LogP) is 6.74. The molecule has 1 heterocycles. The normalized spacial score (nSPS) is 10.9. The molecule has 0 radical (unpaired) electrons. The van der Waals surface area contributed by atoms with Gasteiger partial charge in [-0.25, -0.2) is 0 Å². The van der Waals surface area contributed by atoms with E-state index >= 15 is 0 Å². The number of rotatable bonds is 7. The van der Waals surface area contributed by atoms with Crippen molar-refractivity contribution in [3.8, 4) is 11.1 Å². The number of unbranched alkanes of at least 4 members (excludes halogenated alkanes) is 3. The molecule has 0 unspecified atom stereocenters. The van der Waals surface area contributed by atoms with Crippen molar-refractivity contribution in [2.45, 2.75) is 32.6 Å². The van der Waals surface area contributed by atoms with Gasteiger partial charge in [0.05, 0.1) is 5.00 Å². The van der Waals surface area contributed by atoms with Crippen molar-refractivity contribution in [1.29, 1.82) is 0 Å². The molecule has 4 heteroatoms. The van der Waals surface area contributed by atoms with Crippen LogP contribution in [-0.2, 0) is 0 Å². The van der Waals surface area contributed by atoms with Crippen molar-refractivity contribution in [2.75, 3.05) is 18.5 Å². The summed E-state index contributed by atoms with van der Waals surface area (Å²) >= 11 is 14.2. The number of hydrogen-bond donors (Lipinski definition) is 0. The molecule has 0 aliphatic rings. The van der Waals surface area contributed by atoms with Crippen LogP contribution >= 0.6 is 34.5 Å². The van der Waals surface area contributed by atoms with Gasteiger partial charge in [0.25, 0.3) is 0 Å². The molecule has 0 N–H and O–H groups in total. The number of hydrogen-bond acceptors (Lipinski definition) is 2. The minimum absolute atomic E-state index is 0.720. The maximum atomic E-state index is 6.34. The second kappa shape index (κ2) is 8.07. The molecule has 0 spiro atoms. The van der Waals surface area contributed by atoms with Gasteiger partial charge in [0, 0.05) is 34.8 Å². The first-order valence-corrected chi connectivity index (χ1v) is 9.01. The van der Waals surface area contributed by atoms with E-state index in [1.54, 1.807) is 11.3 Å². The van der Waals surface area contributed by atoms with Gasteiger partial charge in [-0.3, -0.25) is 0 Å². The number of halogens is 2. The standard InChI is InChI=1S/C17H21Cl2NS/c1-3-4-5-6-10-20(2)17-14(9-11-21-17)15-12-13(18)7-8-16(15)19/h7-9,11-12H,3-6,10H2,1-2H3. The van der Waals surface area contributed by atoms with Crippen LogP contribution in [0.1, 0.15) is 32.6 Å². The second-order valence-electron chi connectivity index (χ2n) is 5.25. The van der Waals surface area contributed by atoms with E-state index in [9.17, 15) is 0 Å². The third-order valence-corrected chi connectivity index (χ3v) is 5.15. The maximum absolute atomic E-state index is 6.34. The van der Waals surface area contributed by atoms with Crippen molar-refractivity contribution < 1.29 is 0 Å². The van der Waals surface area contributed by atoms with Gasteiger partial charge in [-0.2, -0.15) is 0 Å². The fraction of sp³-hybridized carbons (Fsp3) is 0.412. The van der Waals surface area contributed by atoms with E-state index in [4.69, 9.17) is 23.2 Å². The van der Waals surface area contributed by atoms with E-state index in [0.717, 1.165) is 22.2 Å². The van der Waals surface area contributed by atoms with Crippen LogP contribution in [0.4, 0.5) is 5.00 Å². The molecule has 0 atom stereocenters. The first-order valence-electron chi connectivity index (χ1n) is 7.37. The highest BCUT2D eigenvalue weighted by Crippen LogP contribution is 2.40. The molecule has 114 valence electrons. The van der Waals surface area contributed by atoms with Gasteiger partial charge in [-0.15, -0.1) is 11.3 Å². The van der Waals surface area contributed by atoms with Crippen molar-refractivity contribution in [2.24, 2.45) is 0 Å². The Morgan fingerprint density at radius 3 is 2.62 bits per heavy atom. The molecule has 1 aromatic carbocycles. The van der Waals surface area contributed by atoms with Crippen molar-refractivity contribution >= 4 is 39.5 Å². The lowest BCUT2D eigenvalue weighted by molar-refractivity contribution is 0.662. The topological polar surface area (TPSA) is 3.24 Å². The molecule has 0 fully saturated rings. The van der Waals surface area contributed by atoms with Gasteiger partial charge in [0.1, 0.15) is 0 Å². The summed E-state index contributed by atoms with van der Waals surface area (Å²) in [6.07, 6.45) is 5.10. The summed E-state index contributed by atoms with van der Waals surface area (Å²) in [6, 6.07) is 7.76. The fourth-order valence-corrected chi connectivity index (χ4v) is 3.68. The van der Waals surface area contributed by atoms with Crippen LogP contribution in [0.5, 0.6) is 0 Å². The molecule has 2 aromatic rings. The zero-order chi connectivity index (χ0) is 15.2. The first-order chi connectivity index (χ1) is 10.1. The average Bonchev–Trinajstić information content (AvgIpc) is 2.95. The van der Waals surface area contributed by atoms with E-state index in [1.807, 2.05) is 18.2 Å². The lowest BCUT2D eigenvalue weighted by Gasteiger charge is -2.19. The first kappa shape index (κ1) is 16.7. The van der Waals surface area contributed by atoms with Crippen molar-refractivity contribution in [3.63, 3.8) is 0 Å². The Kier molecular flexibility index (Phi) is 6.40. The zero-order valence-corrected chi connectivity index (χ0v) is 14.9. The van der Waals surface area contributed by atoms with Crippen LogP contribution in [0.25, 0.3) is 11.1 Å². The van der Waals surface area contributed by atoms with Crippen LogP contribution in [0, 0.1) is 0 Å². The molecule has 2 rings (SSSR count). The summed E-state index contributed by atoms with van der Waals surface area (Å²) in [5, 5.41) is 4.84. The molecule has 0 saturated heterocycles. The predicted molar refractivity (Wildman–Crippen MR) is 97.2 cm³/mol. The number of thiophene rings is 1. The summed E-state index contributed by atoms with van der Waals surface area (Å²) in [5.41, 5.74) is 2.19. The lowest BCUT2D eigenvalue weighted by Crippen LogP contribution is -2.17. The Morgan fingerprint density at radius 1 is 1.05 bits per heavy atom. The third kappa shape index (κ3) is 4.38. The van der Waals surface area contributed by atoms with Gasteiger partial charge < -0.3 is 4.90 Å². The Labute approximate surface area is 141 Å². The molecular formula is C17H21Cl2NS. The minimum atomic E-state index is 0.720. The van der Waals surface area contributed by atoms with Crippen LogP contribution in [0.15, 0.2) is 29.6 Å². The zero-order valence-electron chi connectivity index (χ0n) is 12.5. The quantitative estimate of drug-likeness (QED) is 0.504. The molecule has 1 nitrogen and oxygen atoms in total. The lowest BCUT2D eigenvalue weighted by atomic mass is 10.1. The van der Waals surface area contributed by atoms with E-state index in [2.05, 4.69) is 30.3 Å². The SMILES string of the molecule is CCCCCCN(C)c1sccc1-c1cc(Cl)ccc1Cl.